The Morgan fingerprint density at radius 3 is 2.50 bits per heavy atom. The van der Waals surface area contributed by atoms with Gasteiger partial charge in [0.15, 0.2) is 11.6 Å². The van der Waals surface area contributed by atoms with Crippen molar-refractivity contribution in [1.29, 1.82) is 0 Å². The van der Waals surface area contributed by atoms with Gasteiger partial charge >= 0.3 is 0 Å². The Labute approximate surface area is 141 Å². The second kappa shape index (κ2) is 7.34. The lowest BCUT2D eigenvalue weighted by Gasteiger charge is -2.31. The van der Waals surface area contributed by atoms with Crippen LogP contribution in [0.15, 0.2) is 46.9 Å². The molecule has 2 amide bonds. The molecule has 0 atom stereocenters. The first-order valence-electron chi connectivity index (χ1n) is 8.32. The van der Waals surface area contributed by atoms with Crippen molar-refractivity contribution in [3.8, 4) is 0 Å². The van der Waals surface area contributed by atoms with Gasteiger partial charge in [-0.25, -0.2) is 0 Å². The Hall–Kier alpha value is -2.56. The normalized spacial score (nSPS) is 15.3. The number of carbonyl (C=O) groups is 2. The van der Waals surface area contributed by atoms with Crippen LogP contribution in [0.3, 0.4) is 0 Å². The number of anilines is 1. The van der Waals surface area contributed by atoms with Crippen LogP contribution in [0.2, 0.25) is 0 Å². The Kier molecular flexibility index (Phi) is 4.99. The molecular weight excluding hydrogens is 304 g/mol. The van der Waals surface area contributed by atoms with Crippen LogP contribution in [0.4, 0.5) is 5.88 Å². The largest absolute Gasteiger partial charge is 0.435 e. The van der Waals surface area contributed by atoms with Crippen molar-refractivity contribution in [3.63, 3.8) is 0 Å². The van der Waals surface area contributed by atoms with Gasteiger partial charge < -0.3 is 9.32 Å². The molecule has 1 aliphatic rings. The zero-order chi connectivity index (χ0) is 16.9. The Morgan fingerprint density at radius 2 is 1.83 bits per heavy atom. The lowest BCUT2D eigenvalue weighted by Crippen LogP contribution is -2.38. The molecule has 2 aromatic rings. The number of benzene rings is 1. The van der Waals surface area contributed by atoms with Crippen LogP contribution in [0, 0.1) is 5.92 Å². The highest BCUT2D eigenvalue weighted by Gasteiger charge is 2.25. The van der Waals surface area contributed by atoms with Crippen LogP contribution in [-0.4, -0.2) is 29.8 Å². The summed E-state index contributed by atoms with van der Waals surface area (Å²) in [6.07, 6.45) is 3.07. The van der Waals surface area contributed by atoms with E-state index in [1.807, 2.05) is 11.0 Å². The maximum atomic E-state index is 12.5. The third kappa shape index (κ3) is 4.04. The van der Waals surface area contributed by atoms with Crippen LogP contribution in [0.1, 0.15) is 35.9 Å². The molecule has 0 saturated carbocycles. The topological polar surface area (TPSA) is 62.6 Å². The number of nitrogens with one attached hydrogen (secondary N) is 1. The zero-order valence-corrected chi connectivity index (χ0v) is 13.8. The number of nitrogens with zero attached hydrogens (tertiary/aromatic N) is 1. The maximum Gasteiger partial charge on any atom is 0.289 e. The molecule has 5 heteroatoms. The highest BCUT2D eigenvalue weighted by atomic mass is 16.4. The van der Waals surface area contributed by atoms with Crippen LogP contribution in [0.5, 0.6) is 0 Å². The van der Waals surface area contributed by atoms with Gasteiger partial charge in [0.1, 0.15) is 0 Å². The van der Waals surface area contributed by atoms with Crippen molar-refractivity contribution in [2.45, 2.75) is 26.2 Å². The summed E-state index contributed by atoms with van der Waals surface area (Å²) in [5.74, 6) is 0.878. The number of hydrogen-bond acceptors (Lipinski definition) is 3. The number of carbonyl (C=O) groups excluding carboxylic acids is 2. The molecule has 3 rings (SSSR count). The molecule has 0 bridgehead atoms. The van der Waals surface area contributed by atoms with Crippen molar-refractivity contribution < 1.29 is 14.0 Å². The monoisotopic (exact) mass is 326 g/mol. The minimum Gasteiger partial charge on any atom is -0.435 e. The number of hydrogen-bond donors (Lipinski definition) is 1. The van der Waals surface area contributed by atoms with E-state index in [1.54, 1.807) is 12.1 Å². The minimum atomic E-state index is -0.218. The van der Waals surface area contributed by atoms with Gasteiger partial charge in [-0.05, 0) is 36.8 Å². The number of piperidine rings is 1. The fraction of sp³-hybridized carbons (Fsp3) is 0.368. The summed E-state index contributed by atoms with van der Waals surface area (Å²) in [6.45, 7) is 2.89. The average Bonchev–Trinajstić information content (AvgIpc) is 3.03. The summed E-state index contributed by atoms with van der Waals surface area (Å²) >= 11 is 0. The third-order valence-corrected chi connectivity index (χ3v) is 4.38. The van der Waals surface area contributed by atoms with Gasteiger partial charge in [-0.3, -0.25) is 14.9 Å². The van der Waals surface area contributed by atoms with E-state index >= 15 is 0 Å². The number of likely N-dealkylation sites (tertiary alicyclic amines) is 1. The van der Waals surface area contributed by atoms with Crippen molar-refractivity contribution in [2.24, 2.45) is 5.92 Å². The number of amides is 2. The molecule has 0 unspecified atom stereocenters. The molecule has 0 radical (unpaired) electrons. The molecule has 24 heavy (non-hydrogen) atoms. The minimum absolute atomic E-state index is 0.107. The van der Waals surface area contributed by atoms with Crippen LogP contribution < -0.4 is 5.32 Å². The fourth-order valence-corrected chi connectivity index (χ4v) is 3.14. The van der Waals surface area contributed by atoms with Gasteiger partial charge in [0.2, 0.25) is 5.91 Å². The molecule has 1 saturated heterocycles. The molecule has 2 heterocycles. The molecular formula is C19H22N2O3. The van der Waals surface area contributed by atoms with E-state index in [0.29, 0.717) is 11.8 Å². The van der Waals surface area contributed by atoms with Gasteiger partial charge in [-0.15, -0.1) is 0 Å². The van der Waals surface area contributed by atoms with Gasteiger partial charge in [-0.2, -0.15) is 0 Å². The van der Waals surface area contributed by atoms with Crippen molar-refractivity contribution in [2.75, 3.05) is 18.4 Å². The van der Waals surface area contributed by atoms with Gasteiger partial charge in [0.05, 0.1) is 0 Å². The Bertz CT molecular complexity index is 700. The summed E-state index contributed by atoms with van der Waals surface area (Å²) < 4.78 is 5.41. The van der Waals surface area contributed by atoms with Gasteiger partial charge in [0.25, 0.3) is 5.91 Å². The molecule has 1 aliphatic heterocycles. The summed E-state index contributed by atoms with van der Waals surface area (Å²) in [5, 5.41) is 2.54. The highest BCUT2D eigenvalue weighted by Crippen LogP contribution is 2.24. The standard InChI is InChI=1S/C19H22N2O3/c1-14(22)20-18-8-7-17(24-18)19(23)21-11-9-16(10-12-21)13-15-5-3-2-4-6-15/h2-8,16H,9-13H2,1H3,(H,20,22). The van der Waals surface area contributed by atoms with Crippen LogP contribution in [-0.2, 0) is 11.2 Å². The van der Waals surface area contributed by atoms with Crippen LogP contribution in [0.25, 0.3) is 0 Å². The SMILES string of the molecule is CC(=O)Nc1ccc(C(=O)N2CCC(Cc3ccccc3)CC2)o1. The predicted octanol–water partition coefficient (Wildman–Crippen LogP) is 3.33. The first-order chi connectivity index (χ1) is 11.6. The smallest absolute Gasteiger partial charge is 0.289 e. The molecule has 0 spiro atoms. The van der Waals surface area contributed by atoms with E-state index in [-0.39, 0.29) is 17.6 Å². The second-order valence-corrected chi connectivity index (χ2v) is 6.27. The van der Waals surface area contributed by atoms with Gasteiger partial charge in [-0.1, -0.05) is 30.3 Å². The van der Waals surface area contributed by atoms with E-state index in [9.17, 15) is 9.59 Å². The highest BCUT2D eigenvalue weighted by molar-refractivity contribution is 5.93. The molecule has 1 aromatic carbocycles. The Balaban J connectivity index is 1.53. The predicted molar refractivity (Wildman–Crippen MR) is 91.8 cm³/mol. The van der Waals surface area contributed by atoms with Crippen molar-refractivity contribution >= 4 is 17.7 Å². The van der Waals surface area contributed by atoms with E-state index in [0.717, 1.165) is 32.4 Å². The van der Waals surface area contributed by atoms with E-state index in [4.69, 9.17) is 4.42 Å². The summed E-state index contributed by atoms with van der Waals surface area (Å²) in [6, 6.07) is 13.7. The average molecular weight is 326 g/mol. The summed E-state index contributed by atoms with van der Waals surface area (Å²) in [4.78, 5) is 25.3. The van der Waals surface area contributed by atoms with Crippen molar-refractivity contribution in [3.05, 3.63) is 53.8 Å². The lowest BCUT2D eigenvalue weighted by molar-refractivity contribution is -0.114. The Morgan fingerprint density at radius 1 is 1.12 bits per heavy atom. The van der Waals surface area contributed by atoms with E-state index < -0.39 is 0 Å². The fourth-order valence-electron chi connectivity index (χ4n) is 3.14. The number of furan rings is 1. The van der Waals surface area contributed by atoms with Crippen LogP contribution >= 0.6 is 0 Å². The van der Waals surface area contributed by atoms with E-state index in [2.05, 4.69) is 29.6 Å². The molecule has 126 valence electrons. The molecule has 1 N–H and O–H groups in total. The first-order valence-corrected chi connectivity index (χ1v) is 8.32. The summed E-state index contributed by atoms with van der Waals surface area (Å²) in [7, 11) is 0. The summed E-state index contributed by atoms with van der Waals surface area (Å²) in [5.41, 5.74) is 1.35. The molecule has 5 nitrogen and oxygen atoms in total. The van der Waals surface area contributed by atoms with Crippen molar-refractivity contribution in [1.82, 2.24) is 4.90 Å². The number of rotatable bonds is 4. The second-order valence-electron chi connectivity index (χ2n) is 6.27. The molecule has 0 aliphatic carbocycles. The van der Waals surface area contributed by atoms with Gasteiger partial charge in [0, 0.05) is 26.1 Å². The quantitative estimate of drug-likeness (QED) is 0.937. The maximum absolute atomic E-state index is 12.5. The zero-order valence-electron chi connectivity index (χ0n) is 13.8. The molecule has 1 fully saturated rings. The third-order valence-electron chi connectivity index (χ3n) is 4.38. The molecule has 1 aromatic heterocycles. The lowest BCUT2D eigenvalue weighted by atomic mass is 9.90. The van der Waals surface area contributed by atoms with E-state index in [1.165, 1.54) is 12.5 Å². The first kappa shape index (κ1) is 16.3.